The Morgan fingerprint density at radius 2 is 1.90 bits per heavy atom. The Morgan fingerprint density at radius 3 is 2.47 bits per heavy atom. The van der Waals surface area contributed by atoms with Gasteiger partial charge in [-0.3, -0.25) is 14.9 Å². The van der Waals surface area contributed by atoms with E-state index >= 15 is 0 Å². The fourth-order valence-corrected chi connectivity index (χ4v) is 3.01. The molecule has 0 unspecified atom stereocenters. The molecule has 3 N–H and O–H groups in total. The fraction of sp³-hybridized carbons (Fsp3) is 0.176. The summed E-state index contributed by atoms with van der Waals surface area (Å²) in [6.07, 6.45) is -1.23. The van der Waals surface area contributed by atoms with Crippen molar-refractivity contribution in [2.75, 3.05) is 12.4 Å². The summed E-state index contributed by atoms with van der Waals surface area (Å²) in [5, 5.41) is 19.3. The van der Waals surface area contributed by atoms with Gasteiger partial charge < -0.3 is 20.7 Å². The molecule has 2 rings (SSSR count). The molecule has 2 aromatic carbocycles. The van der Waals surface area contributed by atoms with Crippen LogP contribution in [0.3, 0.4) is 0 Å². The Labute approximate surface area is 196 Å². The molecule has 13 heteroatoms. The number of nitro groups is 1. The first-order valence-corrected chi connectivity index (χ1v) is 9.96. The van der Waals surface area contributed by atoms with Crippen LogP contribution in [-0.4, -0.2) is 33.0 Å². The predicted octanol–water partition coefficient (Wildman–Crippen LogP) is 4.67. The van der Waals surface area contributed by atoms with E-state index in [1.807, 2.05) is 0 Å². The zero-order valence-electron chi connectivity index (χ0n) is 15.1. The summed E-state index contributed by atoms with van der Waals surface area (Å²) in [5.41, 5.74) is 0.259. The maximum atomic E-state index is 12.4. The van der Waals surface area contributed by atoms with E-state index in [-0.39, 0.29) is 27.8 Å². The lowest BCUT2D eigenvalue weighted by Crippen LogP contribution is -2.56. The third kappa shape index (κ3) is 6.75. The second-order valence-electron chi connectivity index (χ2n) is 5.70. The van der Waals surface area contributed by atoms with Gasteiger partial charge in [0.25, 0.3) is 5.91 Å². The van der Waals surface area contributed by atoms with Crippen LogP contribution in [0.5, 0.6) is 5.75 Å². The van der Waals surface area contributed by atoms with Gasteiger partial charge in [-0.15, -0.1) is 0 Å². The van der Waals surface area contributed by atoms with E-state index < -0.39 is 20.8 Å². The lowest BCUT2D eigenvalue weighted by molar-refractivity contribution is -0.385. The summed E-state index contributed by atoms with van der Waals surface area (Å²) in [4.78, 5) is 23.0. The van der Waals surface area contributed by atoms with Crippen molar-refractivity contribution in [2.24, 2.45) is 0 Å². The summed E-state index contributed by atoms with van der Waals surface area (Å²) >= 11 is 28.9. The second kappa shape index (κ2) is 10.3. The van der Waals surface area contributed by atoms with Crippen molar-refractivity contribution in [3.63, 3.8) is 0 Å². The molecule has 0 spiro atoms. The van der Waals surface area contributed by atoms with Crippen LogP contribution in [0.4, 0.5) is 11.4 Å². The number of thiocarbonyl (C=S) groups is 1. The van der Waals surface area contributed by atoms with Crippen molar-refractivity contribution >= 4 is 81.0 Å². The third-order valence-electron chi connectivity index (χ3n) is 3.60. The summed E-state index contributed by atoms with van der Waals surface area (Å²) in [7, 11) is 1.32. The molecule has 0 aromatic heterocycles. The molecule has 1 amide bonds. The van der Waals surface area contributed by atoms with Crippen LogP contribution in [0.1, 0.15) is 10.4 Å². The van der Waals surface area contributed by atoms with E-state index in [0.717, 1.165) is 0 Å². The van der Waals surface area contributed by atoms with E-state index in [4.69, 9.17) is 63.4 Å². The van der Waals surface area contributed by atoms with Crippen LogP contribution in [0.15, 0.2) is 42.5 Å². The number of hydrogen-bond acceptors (Lipinski definition) is 5. The van der Waals surface area contributed by atoms with Gasteiger partial charge in [0.15, 0.2) is 10.9 Å². The number of ether oxygens (including phenoxy) is 1. The van der Waals surface area contributed by atoms with Crippen molar-refractivity contribution in [3.8, 4) is 5.75 Å². The molecule has 0 radical (unpaired) electrons. The average molecular weight is 512 g/mol. The van der Waals surface area contributed by atoms with E-state index in [0.29, 0.717) is 5.02 Å². The van der Waals surface area contributed by atoms with E-state index in [1.54, 1.807) is 12.1 Å². The van der Waals surface area contributed by atoms with Gasteiger partial charge in [0.1, 0.15) is 6.17 Å². The quantitative estimate of drug-likeness (QED) is 0.170. The number of rotatable bonds is 6. The zero-order chi connectivity index (χ0) is 22.5. The standard InChI is InChI=1S/C17H14Cl4N4O4S/c1-29-13-6-5-11(8-12(13)25(27)28)22-16(30)24-15(17(19,20)21)23-14(26)9-3-2-4-10(18)7-9/h2-8,15H,1H3,(H,23,26)(H2,22,24,30)/t15-/m0/s1. The molecule has 0 fully saturated rings. The minimum Gasteiger partial charge on any atom is -0.490 e. The summed E-state index contributed by atoms with van der Waals surface area (Å²) in [5.74, 6) is -0.485. The first-order chi connectivity index (χ1) is 14.0. The molecule has 0 bridgehead atoms. The number of nitrogens with zero attached hydrogens (tertiary/aromatic N) is 1. The Kier molecular flexibility index (Phi) is 8.34. The number of carbonyl (C=O) groups is 1. The number of nitro benzene ring substituents is 1. The smallest absolute Gasteiger partial charge is 0.312 e. The topological polar surface area (TPSA) is 106 Å². The van der Waals surface area contributed by atoms with Crippen molar-refractivity contribution in [3.05, 3.63) is 63.2 Å². The van der Waals surface area contributed by atoms with Crippen LogP contribution >= 0.6 is 58.6 Å². The van der Waals surface area contributed by atoms with E-state index in [1.165, 1.54) is 37.4 Å². The number of carbonyl (C=O) groups excluding carboxylic acids is 1. The van der Waals surface area contributed by atoms with Crippen LogP contribution < -0.4 is 20.7 Å². The van der Waals surface area contributed by atoms with Gasteiger partial charge in [0.2, 0.25) is 3.79 Å². The van der Waals surface area contributed by atoms with E-state index in [9.17, 15) is 14.9 Å². The highest BCUT2D eigenvalue weighted by atomic mass is 35.6. The molecule has 0 saturated heterocycles. The van der Waals surface area contributed by atoms with Gasteiger partial charge >= 0.3 is 5.69 Å². The monoisotopic (exact) mass is 510 g/mol. The average Bonchev–Trinajstić information content (AvgIpc) is 2.66. The molecule has 0 aliphatic carbocycles. The Bertz CT molecular complexity index is 971. The number of alkyl halides is 3. The molecule has 0 saturated carbocycles. The lowest BCUT2D eigenvalue weighted by Gasteiger charge is -2.27. The highest BCUT2D eigenvalue weighted by Crippen LogP contribution is 2.31. The first kappa shape index (κ1) is 24.2. The summed E-state index contributed by atoms with van der Waals surface area (Å²) < 4.78 is 2.96. The minimum atomic E-state index is -1.98. The molecule has 8 nitrogen and oxygen atoms in total. The Balaban J connectivity index is 2.13. The molecule has 30 heavy (non-hydrogen) atoms. The number of halogens is 4. The fourth-order valence-electron chi connectivity index (χ4n) is 2.25. The van der Waals surface area contributed by atoms with Crippen molar-refractivity contribution in [2.45, 2.75) is 9.96 Å². The Hall–Kier alpha value is -2.04. The molecule has 0 aliphatic rings. The number of benzene rings is 2. The SMILES string of the molecule is COc1ccc(NC(=S)N[C@H](NC(=O)c2cccc(Cl)c2)C(Cl)(Cl)Cl)cc1[N+](=O)[O-]. The predicted molar refractivity (Wildman–Crippen MR) is 122 cm³/mol. The highest BCUT2D eigenvalue weighted by Gasteiger charge is 2.35. The van der Waals surface area contributed by atoms with Gasteiger partial charge in [0, 0.05) is 22.3 Å². The summed E-state index contributed by atoms with van der Waals surface area (Å²) in [6, 6.07) is 10.3. The molecular weight excluding hydrogens is 498 g/mol. The van der Waals surface area contributed by atoms with Crippen molar-refractivity contribution in [1.82, 2.24) is 10.6 Å². The van der Waals surface area contributed by atoms with Crippen LogP contribution in [0, 0.1) is 10.1 Å². The molecule has 160 valence electrons. The largest absolute Gasteiger partial charge is 0.490 e. The molecule has 2 aromatic rings. The molecular formula is C17H14Cl4N4O4S. The van der Waals surface area contributed by atoms with Crippen molar-refractivity contribution < 1.29 is 14.5 Å². The van der Waals surface area contributed by atoms with Gasteiger partial charge in [-0.1, -0.05) is 52.5 Å². The number of anilines is 1. The van der Waals surface area contributed by atoms with Gasteiger partial charge in [0.05, 0.1) is 12.0 Å². The second-order valence-corrected chi connectivity index (χ2v) is 8.91. The van der Waals surface area contributed by atoms with Crippen LogP contribution in [0.25, 0.3) is 0 Å². The van der Waals surface area contributed by atoms with Crippen LogP contribution in [-0.2, 0) is 0 Å². The van der Waals surface area contributed by atoms with Crippen LogP contribution in [0.2, 0.25) is 5.02 Å². The Morgan fingerprint density at radius 1 is 1.20 bits per heavy atom. The van der Waals surface area contributed by atoms with Gasteiger partial charge in [-0.05, 0) is 42.5 Å². The number of nitrogens with one attached hydrogen (secondary N) is 3. The maximum absolute atomic E-state index is 12.4. The van der Waals surface area contributed by atoms with Crippen molar-refractivity contribution in [1.29, 1.82) is 0 Å². The number of methoxy groups -OCH3 is 1. The lowest BCUT2D eigenvalue weighted by atomic mass is 10.2. The van der Waals surface area contributed by atoms with E-state index in [2.05, 4.69) is 16.0 Å². The molecule has 0 aliphatic heterocycles. The maximum Gasteiger partial charge on any atom is 0.312 e. The van der Waals surface area contributed by atoms with Gasteiger partial charge in [-0.2, -0.15) is 0 Å². The highest BCUT2D eigenvalue weighted by molar-refractivity contribution is 7.80. The zero-order valence-corrected chi connectivity index (χ0v) is 19.0. The first-order valence-electron chi connectivity index (χ1n) is 8.04. The number of amides is 1. The normalized spacial score (nSPS) is 11.9. The number of hydrogen-bond donors (Lipinski definition) is 3. The summed E-state index contributed by atoms with van der Waals surface area (Å²) in [6.45, 7) is 0. The van der Waals surface area contributed by atoms with Gasteiger partial charge in [-0.25, -0.2) is 0 Å². The molecule has 0 heterocycles. The minimum absolute atomic E-state index is 0.0582. The molecule has 1 atom stereocenters. The third-order valence-corrected chi connectivity index (χ3v) is 4.71.